The van der Waals surface area contributed by atoms with Gasteiger partial charge in [0.25, 0.3) is 0 Å². The molecule has 7 heteroatoms. The molecule has 2 aromatic rings. The van der Waals surface area contributed by atoms with Crippen LogP contribution >= 0.6 is 23.1 Å². The summed E-state index contributed by atoms with van der Waals surface area (Å²) in [4.78, 5) is 13.8. The van der Waals surface area contributed by atoms with E-state index in [1.54, 1.807) is 11.3 Å². The molecule has 0 bridgehead atoms. The van der Waals surface area contributed by atoms with Crippen LogP contribution in [0.5, 0.6) is 0 Å². The third-order valence-electron chi connectivity index (χ3n) is 4.56. The molecular weight excluding hydrogens is 352 g/mol. The number of thiophene rings is 1. The quantitative estimate of drug-likeness (QED) is 0.704. The van der Waals surface area contributed by atoms with Crippen molar-refractivity contribution < 1.29 is 4.79 Å². The number of amides is 1. The van der Waals surface area contributed by atoms with Gasteiger partial charge in [0.1, 0.15) is 5.82 Å². The van der Waals surface area contributed by atoms with Crippen LogP contribution in [0.3, 0.4) is 0 Å². The topological polar surface area (TPSA) is 59.8 Å². The van der Waals surface area contributed by atoms with Crippen molar-refractivity contribution in [1.82, 2.24) is 20.1 Å². The second kappa shape index (κ2) is 7.50. The number of carbonyl (C=O) groups excluding carboxylic acids is 1. The third kappa shape index (κ3) is 4.64. The standard InChI is InChI=1S/C18H26N4OS2/c1-5-18(3,4)19-16(23)12(2)25-17-21-20-15(22(17)13-8-9-13)11-14-7-6-10-24-14/h6-7,10,12-13H,5,8-9,11H2,1-4H3,(H,19,23). The number of carbonyl (C=O) groups is 1. The van der Waals surface area contributed by atoms with Crippen molar-refractivity contribution in [2.75, 3.05) is 0 Å². The molecule has 1 atom stereocenters. The van der Waals surface area contributed by atoms with Crippen LogP contribution in [0.2, 0.25) is 0 Å². The summed E-state index contributed by atoms with van der Waals surface area (Å²) in [6.45, 7) is 8.12. The minimum absolute atomic E-state index is 0.0574. The van der Waals surface area contributed by atoms with E-state index < -0.39 is 0 Å². The Labute approximate surface area is 157 Å². The van der Waals surface area contributed by atoms with E-state index >= 15 is 0 Å². The first kappa shape index (κ1) is 18.5. The number of thioether (sulfide) groups is 1. The van der Waals surface area contributed by atoms with Gasteiger partial charge in [-0.1, -0.05) is 24.8 Å². The van der Waals surface area contributed by atoms with Crippen molar-refractivity contribution in [3.05, 3.63) is 28.2 Å². The molecule has 136 valence electrons. The summed E-state index contributed by atoms with van der Waals surface area (Å²) in [6, 6.07) is 4.69. The van der Waals surface area contributed by atoms with E-state index in [0.29, 0.717) is 6.04 Å². The molecule has 0 spiro atoms. The van der Waals surface area contributed by atoms with Gasteiger partial charge in [0.15, 0.2) is 5.16 Å². The first-order valence-electron chi connectivity index (χ1n) is 8.84. The van der Waals surface area contributed by atoms with Gasteiger partial charge in [0, 0.05) is 22.9 Å². The van der Waals surface area contributed by atoms with Crippen LogP contribution < -0.4 is 5.32 Å². The van der Waals surface area contributed by atoms with Gasteiger partial charge in [-0.05, 0) is 51.5 Å². The highest BCUT2D eigenvalue weighted by molar-refractivity contribution is 8.00. The average Bonchev–Trinajstić information content (AvgIpc) is 3.12. The largest absolute Gasteiger partial charge is 0.350 e. The summed E-state index contributed by atoms with van der Waals surface area (Å²) in [5, 5.41) is 14.7. The van der Waals surface area contributed by atoms with Crippen LogP contribution in [-0.4, -0.2) is 31.5 Å². The van der Waals surface area contributed by atoms with Crippen molar-refractivity contribution in [2.45, 2.75) is 75.4 Å². The third-order valence-corrected chi connectivity index (χ3v) is 6.49. The van der Waals surface area contributed by atoms with Crippen LogP contribution in [0.1, 0.15) is 63.7 Å². The lowest BCUT2D eigenvalue weighted by molar-refractivity contribution is -0.121. The first-order valence-corrected chi connectivity index (χ1v) is 10.6. The molecule has 1 aliphatic carbocycles. The van der Waals surface area contributed by atoms with Gasteiger partial charge in [-0.2, -0.15) is 0 Å². The molecule has 0 radical (unpaired) electrons. The number of aromatic nitrogens is 3. The van der Waals surface area contributed by atoms with E-state index in [4.69, 9.17) is 0 Å². The highest BCUT2D eigenvalue weighted by atomic mass is 32.2. The maximum Gasteiger partial charge on any atom is 0.233 e. The highest BCUT2D eigenvalue weighted by Gasteiger charge is 2.31. The molecule has 2 aromatic heterocycles. The number of nitrogens with one attached hydrogen (secondary N) is 1. The van der Waals surface area contributed by atoms with E-state index in [1.807, 2.05) is 20.8 Å². The first-order chi connectivity index (χ1) is 11.9. The predicted molar refractivity (Wildman–Crippen MR) is 103 cm³/mol. The predicted octanol–water partition coefficient (Wildman–Crippen LogP) is 4.05. The molecule has 0 aromatic carbocycles. The minimum Gasteiger partial charge on any atom is -0.350 e. The monoisotopic (exact) mass is 378 g/mol. The van der Waals surface area contributed by atoms with Crippen LogP contribution in [0, 0.1) is 0 Å². The van der Waals surface area contributed by atoms with E-state index in [2.05, 4.69) is 44.5 Å². The summed E-state index contributed by atoms with van der Waals surface area (Å²) >= 11 is 3.26. The Kier molecular flexibility index (Phi) is 5.53. The van der Waals surface area contributed by atoms with Crippen LogP contribution in [0.25, 0.3) is 0 Å². The summed E-state index contributed by atoms with van der Waals surface area (Å²) in [7, 11) is 0. The highest BCUT2D eigenvalue weighted by Crippen LogP contribution is 2.40. The van der Waals surface area contributed by atoms with Crippen molar-refractivity contribution in [3.8, 4) is 0 Å². The Morgan fingerprint density at radius 2 is 2.24 bits per heavy atom. The van der Waals surface area contributed by atoms with E-state index in [1.165, 1.54) is 29.5 Å². The van der Waals surface area contributed by atoms with E-state index in [9.17, 15) is 4.79 Å². The Hall–Kier alpha value is -1.34. The Morgan fingerprint density at radius 3 is 2.84 bits per heavy atom. The molecule has 0 saturated heterocycles. The minimum atomic E-state index is -0.192. The van der Waals surface area contributed by atoms with Crippen LogP contribution in [0.4, 0.5) is 0 Å². The fourth-order valence-corrected chi connectivity index (χ4v) is 4.15. The second-order valence-electron chi connectivity index (χ2n) is 7.24. The molecule has 2 heterocycles. The summed E-state index contributed by atoms with van der Waals surface area (Å²) in [5.41, 5.74) is -0.180. The lowest BCUT2D eigenvalue weighted by atomic mass is 10.0. The van der Waals surface area contributed by atoms with Crippen LogP contribution in [0.15, 0.2) is 22.7 Å². The van der Waals surface area contributed by atoms with Crippen molar-refractivity contribution >= 4 is 29.0 Å². The summed E-state index contributed by atoms with van der Waals surface area (Å²) in [6.07, 6.45) is 4.06. The molecule has 25 heavy (non-hydrogen) atoms. The fourth-order valence-electron chi connectivity index (χ4n) is 2.51. The number of hydrogen-bond donors (Lipinski definition) is 1. The Balaban J connectivity index is 1.72. The smallest absolute Gasteiger partial charge is 0.233 e. The van der Waals surface area contributed by atoms with Gasteiger partial charge in [0.05, 0.1) is 5.25 Å². The molecule has 1 N–H and O–H groups in total. The number of hydrogen-bond acceptors (Lipinski definition) is 5. The SMILES string of the molecule is CCC(C)(C)NC(=O)C(C)Sc1nnc(Cc2cccs2)n1C1CC1. The summed E-state index contributed by atoms with van der Waals surface area (Å²) in [5.74, 6) is 1.07. The van der Waals surface area contributed by atoms with Gasteiger partial charge in [0.2, 0.25) is 5.91 Å². The Bertz CT molecular complexity index is 720. The van der Waals surface area contributed by atoms with E-state index in [0.717, 1.165) is 23.8 Å². The molecule has 1 fully saturated rings. The van der Waals surface area contributed by atoms with Gasteiger partial charge in [-0.25, -0.2) is 0 Å². The van der Waals surface area contributed by atoms with Crippen molar-refractivity contribution in [3.63, 3.8) is 0 Å². The number of rotatable bonds is 8. The molecule has 0 aliphatic heterocycles. The normalized spacial score (nSPS) is 16.0. The average molecular weight is 379 g/mol. The molecular formula is C18H26N4OS2. The van der Waals surface area contributed by atoms with Crippen molar-refractivity contribution in [1.29, 1.82) is 0 Å². The molecule has 1 saturated carbocycles. The molecule has 1 amide bonds. The van der Waals surface area contributed by atoms with Crippen LogP contribution in [-0.2, 0) is 11.2 Å². The zero-order valence-corrected chi connectivity index (χ0v) is 16.9. The molecule has 3 rings (SSSR count). The molecule has 5 nitrogen and oxygen atoms in total. The maximum atomic E-state index is 12.5. The van der Waals surface area contributed by atoms with Crippen molar-refractivity contribution in [2.24, 2.45) is 0 Å². The maximum absolute atomic E-state index is 12.5. The van der Waals surface area contributed by atoms with Gasteiger partial charge in [-0.15, -0.1) is 21.5 Å². The van der Waals surface area contributed by atoms with Gasteiger partial charge >= 0.3 is 0 Å². The summed E-state index contributed by atoms with van der Waals surface area (Å²) < 4.78 is 2.25. The number of nitrogens with zero attached hydrogens (tertiary/aromatic N) is 3. The van der Waals surface area contributed by atoms with E-state index in [-0.39, 0.29) is 16.7 Å². The lowest BCUT2D eigenvalue weighted by Crippen LogP contribution is -2.46. The van der Waals surface area contributed by atoms with Gasteiger partial charge < -0.3 is 9.88 Å². The molecule has 1 unspecified atom stereocenters. The Morgan fingerprint density at radius 1 is 1.48 bits per heavy atom. The zero-order chi connectivity index (χ0) is 18.0. The zero-order valence-electron chi connectivity index (χ0n) is 15.3. The lowest BCUT2D eigenvalue weighted by Gasteiger charge is -2.26. The molecule has 1 aliphatic rings. The second-order valence-corrected chi connectivity index (χ2v) is 9.58. The fraction of sp³-hybridized carbons (Fsp3) is 0.611. The van der Waals surface area contributed by atoms with Gasteiger partial charge in [-0.3, -0.25) is 4.79 Å².